The van der Waals surface area contributed by atoms with E-state index in [1.807, 2.05) is 0 Å². The molecule has 0 aliphatic heterocycles. The predicted molar refractivity (Wildman–Crippen MR) is 90.5 cm³/mol. The number of aryl methyl sites for hydroxylation is 1. The molecule has 106 valence electrons. The van der Waals surface area contributed by atoms with Gasteiger partial charge in [-0.25, -0.2) is 0 Å². The van der Waals surface area contributed by atoms with Crippen molar-refractivity contribution in [1.29, 1.82) is 0 Å². The van der Waals surface area contributed by atoms with Crippen LogP contribution in [0.1, 0.15) is 37.3 Å². The Labute approximate surface area is 125 Å². The van der Waals surface area contributed by atoms with Gasteiger partial charge in [0.05, 0.1) is 0 Å². The lowest BCUT2D eigenvalue weighted by atomic mass is 9.74. The third-order valence-electron chi connectivity index (χ3n) is 5.25. The molecule has 0 saturated carbocycles. The molecule has 1 aliphatic rings. The summed E-state index contributed by atoms with van der Waals surface area (Å²) < 4.78 is 0. The second kappa shape index (κ2) is 4.57. The maximum atomic E-state index is 6.67. The molecule has 3 aromatic carbocycles. The summed E-state index contributed by atoms with van der Waals surface area (Å²) in [6.07, 6.45) is 4.47. The Kier molecular flexibility index (Phi) is 2.80. The molecule has 0 saturated heterocycles. The Morgan fingerprint density at radius 3 is 2.62 bits per heavy atom. The summed E-state index contributed by atoms with van der Waals surface area (Å²) in [5.74, 6) is 0. The first-order valence-electron chi connectivity index (χ1n) is 7.96. The maximum Gasteiger partial charge on any atom is 0.0410 e. The summed E-state index contributed by atoms with van der Waals surface area (Å²) in [6, 6.07) is 17.7. The van der Waals surface area contributed by atoms with Crippen molar-refractivity contribution in [3.05, 3.63) is 59.7 Å². The van der Waals surface area contributed by atoms with Gasteiger partial charge < -0.3 is 5.73 Å². The van der Waals surface area contributed by atoms with Crippen molar-refractivity contribution in [3.63, 3.8) is 0 Å². The molecule has 4 rings (SSSR count). The third-order valence-corrected chi connectivity index (χ3v) is 5.25. The molecule has 1 nitrogen and oxygen atoms in total. The van der Waals surface area contributed by atoms with Gasteiger partial charge in [-0.1, -0.05) is 55.5 Å². The van der Waals surface area contributed by atoms with E-state index in [9.17, 15) is 0 Å². The van der Waals surface area contributed by atoms with Gasteiger partial charge in [0.2, 0.25) is 0 Å². The van der Waals surface area contributed by atoms with Crippen LogP contribution >= 0.6 is 0 Å². The number of fused-ring (bicyclic) bond motifs is 5. The number of rotatable bonds is 1. The summed E-state index contributed by atoms with van der Waals surface area (Å²) in [7, 11) is 0. The molecule has 0 aromatic heterocycles. The van der Waals surface area contributed by atoms with E-state index < -0.39 is 0 Å². The van der Waals surface area contributed by atoms with Gasteiger partial charge in [-0.05, 0) is 58.4 Å². The molecule has 0 bridgehead atoms. The van der Waals surface area contributed by atoms with E-state index in [1.54, 1.807) is 0 Å². The Morgan fingerprint density at radius 1 is 0.952 bits per heavy atom. The Hall–Kier alpha value is -1.86. The maximum absolute atomic E-state index is 6.67. The lowest BCUT2D eigenvalue weighted by molar-refractivity contribution is 0.361. The first-order chi connectivity index (χ1) is 10.2. The molecule has 1 unspecified atom stereocenters. The Balaban J connectivity index is 2.09. The minimum absolute atomic E-state index is 0.132. The second-order valence-electron chi connectivity index (χ2n) is 6.34. The topological polar surface area (TPSA) is 26.0 Å². The van der Waals surface area contributed by atoms with Gasteiger partial charge in [0, 0.05) is 5.54 Å². The molecule has 21 heavy (non-hydrogen) atoms. The number of benzene rings is 3. The highest BCUT2D eigenvalue weighted by Crippen LogP contribution is 2.40. The highest BCUT2D eigenvalue weighted by molar-refractivity contribution is 6.08. The zero-order valence-corrected chi connectivity index (χ0v) is 12.5. The second-order valence-corrected chi connectivity index (χ2v) is 6.34. The molecule has 1 heteroatoms. The standard InChI is InChI=1S/C20H21N/c1-2-20(21)13-5-8-18-17-10-9-14-6-3-4-7-15(14)16(17)11-12-19(18)20/h3-4,6-7,9-12H,2,5,8,13,21H2,1H3. The van der Waals surface area contributed by atoms with Crippen LogP contribution in [-0.4, -0.2) is 0 Å². The van der Waals surface area contributed by atoms with Crippen LogP contribution in [0.25, 0.3) is 21.5 Å². The van der Waals surface area contributed by atoms with E-state index in [0.717, 1.165) is 19.3 Å². The normalized spacial score (nSPS) is 21.6. The van der Waals surface area contributed by atoms with Crippen molar-refractivity contribution in [2.24, 2.45) is 5.73 Å². The largest absolute Gasteiger partial charge is 0.321 e. The Bertz CT molecular complexity index is 834. The average molecular weight is 275 g/mol. The molecular weight excluding hydrogens is 254 g/mol. The minimum atomic E-state index is -0.132. The highest BCUT2D eigenvalue weighted by Gasteiger charge is 2.31. The molecule has 0 heterocycles. The molecule has 0 amide bonds. The first kappa shape index (κ1) is 12.8. The monoisotopic (exact) mass is 275 g/mol. The minimum Gasteiger partial charge on any atom is -0.321 e. The summed E-state index contributed by atoms with van der Waals surface area (Å²) in [5, 5.41) is 5.43. The lowest BCUT2D eigenvalue weighted by Gasteiger charge is -2.35. The van der Waals surface area contributed by atoms with Crippen LogP contribution in [-0.2, 0) is 12.0 Å². The van der Waals surface area contributed by atoms with Gasteiger partial charge in [0.25, 0.3) is 0 Å². The SMILES string of the molecule is CCC1(N)CCCc2c1ccc1c2ccc2ccccc21. The fourth-order valence-corrected chi connectivity index (χ4v) is 3.97. The lowest BCUT2D eigenvalue weighted by Crippen LogP contribution is -2.39. The van der Waals surface area contributed by atoms with Gasteiger partial charge in [-0.2, -0.15) is 0 Å². The summed E-state index contributed by atoms with van der Waals surface area (Å²) in [4.78, 5) is 0. The van der Waals surface area contributed by atoms with E-state index in [-0.39, 0.29) is 5.54 Å². The predicted octanol–water partition coefficient (Wildman–Crippen LogP) is 4.89. The van der Waals surface area contributed by atoms with Crippen LogP contribution in [0.2, 0.25) is 0 Å². The van der Waals surface area contributed by atoms with Crippen molar-refractivity contribution in [1.82, 2.24) is 0 Å². The van der Waals surface area contributed by atoms with Crippen LogP contribution in [0.4, 0.5) is 0 Å². The number of hydrogen-bond acceptors (Lipinski definition) is 1. The molecule has 0 spiro atoms. The molecule has 2 N–H and O–H groups in total. The van der Waals surface area contributed by atoms with Gasteiger partial charge in [-0.3, -0.25) is 0 Å². The van der Waals surface area contributed by atoms with E-state index in [1.165, 1.54) is 39.1 Å². The molecule has 3 aromatic rings. The molecule has 0 radical (unpaired) electrons. The summed E-state index contributed by atoms with van der Waals surface area (Å²) in [5.41, 5.74) is 9.40. The van der Waals surface area contributed by atoms with Gasteiger partial charge in [-0.15, -0.1) is 0 Å². The summed E-state index contributed by atoms with van der Waals surface area (Å²) >= 11 is 0. The van der Waals surface area contributed by atoms with Crippen LogP contribution < -0.4 is 5.73 Å². The van der Waals surface area contributed by atoms with Crippen molar-refractivity contribution in [3.8, 4) is 0 Å². The Morgan fingerprint density at radius 2 is 1.76 bits per heavy atom. The molecule has 0 fully saturated rings. The smallest absolute Gasteiger partial charge is 0.0410 e. The van der Waals surface area contributed by atoms with E-state index in [2.05, 4.69) is 55.5 Å². The zero-order chi connectivity index (χ0) is 14.4. The van der Waals surface area contributed by atoms with Gasteiger partial charge in [0.15, 0.2) is 0 Å². The quantitative estimate of drug-likeness (QED) is 0.628. The first-order valence-corrected chi connectivity index (χ1v) is 7.96. The van der Waals surface area contributed by atoms with Crippen molar-refractivity contribution in [2.45, 2.75) is 38.1 Å². The fraction of sp³-hybridized carbons (Fsp3) is 0.300. The third kappa shape index (κ3) is 1.81. The number of hydrogen-bond donors (Lipinski definition) is 1. The molecular formula is C20H21N. The van der Waals surface area contributed by atoms with Crippen molar-refractivity contribution >= 4 is 21.5 Å². The van der Waals surface area contributed by atoms with E-state index >= 15 is 0 Å². The van der Waals surface area contributed by atoms with E-state index in [4.69, 9.17) is 5.73 Å². The van der Waals surface area contributed by atoms with Gasteiger partial charge in [0.1, 0.15) is 0 Å². The van der Waals surface area contributed by atoms with Gasteiger partial charge >= 0.3 is 0 Å². The van der Waals surface area contributed by atoms with E-state index in [0.29, 0.717) is 0 Å². The highest BCUT2D eigenvalue weighted by atomic mass is 14.7. The van der Waals surface area contributed by atoms with Crippen LogP contribution in [0.5, 0.6) is 0 Å². The average Bonchev–Trinajstić information content (AvgIpc) is 2.54. The van der Waals surface area contributed by atoms with Crippen LogP contribution in [0, 0.1) is 0 Å². The zero-order valence-electron chi connectivity index (χ0n) is 12.5. The van der Waals surface area contributed by atoms with Crippen LogP contribution in [0.3, 0.4) is 0 Å². The van der Waals surface area contributed by atoms with Crippen molar-refractivity contribution < 1.29 is 0 Å². The van der Waals surface area contributed by atoms with Crippen molar-refractivity contribution in [2.75, 3.05) is 0 Å². The molecule has 1 aliphatic carbocycles. The summed E-state index contributed by atoms with van der Waals surface area (Å²) in [6.45, 7) is 2.21. The van der Waals surface area contributed by atoms with Crippen LogP contribution in [0.15, 0.2) is 48.5 Å². The molecule has 1 atom stereocenters. The number of nitrogens with two attached hydrogens (primary N) is 1. The fourth-order valence-electron chi connectivity index (χ4n) is 3.97.